The molecule has 3 rings (SSSR count). The molecule has 3 aromatic rings. The molecular formula is C17H12N2S. The molecule has 0 fully saturated rings. The first-order valence-corrected chi connectivity index (χ1v) is 7.14. The zero-order valence-corrected chi connectivity index (χ0v) is 11.6. The third kappa shape index (κ3) is 2.76. The summed E-state index contributed by atoms with van der Waals surface area (Å²) in [6, 6.07) is 13.8. The second-order valence-corrected chi connectivity index (χ2v) is 5.29. The van der Waals surface area contributed by atoms with Gasteiger partial charge >= 0.3 is 0 Å². The number of rotatable bonds is 3. The van der Waals surface area contributed by atoms with E-state index < -0.39 is 0 Å². The molecule has 3 heteroatoms. The van der Waals surface area contributed by atoms with Gasteiger partial charge in [-0.15, -0.1) is 17.8 Å². The summed E-state index contributed by atoms with van der Waals surface area (Å²) in [5.74, 6) is 2.62. The molecule has 0 aliphatic carbocycles. The number of hydrogen-bond donors (Lipinski definition) is 0. The normalized spacial score (nSPS) is 10.2. The van der Waals surface area contributed by atoms with Crippen molar-refractivity contribution >= 4 is 11.3 Å². The van der Waals surface area contributed by atoms with Gasteiger partial charge in [0.15, 0.2) is 0 Å². The summed E-state index contributed by atoms with van der Waals surface area (Å²) in [5.41, 5.74) is 4.01. The van der Waals surface area contributed by atoms with Crippen molar-refractivity contribution in [2.24, 2.45) is 0 Å². The molecule has 0 spiro atoms. The summed E-state index contributed by atoms with van der Waals surface area (Å²) in [7, 11) is 0. The van der Waals surface area contributed by atoms with Crippen LogP contribution in [0.2, 0.25) is 0 Å². The Morgan fingerprint density at radius 2 is 1.95 bits per heavy atom. The van der Waals surface area contributed by atoms with Crippen LogP contribution in [0, 0.1) is 12.3 Å². The molecule has 0 bridgehead atoms. The highest BCUT2D eigenvalue weighted by molar-refractivity contribution is 7.10. The molecule has 0 amide bonds. The lowest BCUT2D eigenvalue weighted by atomic mass is 10.1. The lowest BCUT2D eigenvalue weighted by Crippen LogP contribution is -1.90. The summed E-state index contributed by atoms with van der Waals surface area (Å²) >= 11 is 1.66. The molecule has 20 heavy (non-hydrogen) atoms. The van der Waals surface area contributed by atoms with Crippen molar-refractivity contribution in [3.8, 4) is 23.6 Å². The van der Waals surface area contributed by atoms with Gasteiger partial charge in [-0.1, -0.05) is 24.1 Å². The minimum atomic E-state index is 0.772. The lowest BCUT2D eigenvalue weighted by molar-refractivity contribution is 1.05. The molecule has 0 N–H and O–H groups in total. The molecule has 0 radical (unpaired) electrons. The van der Waals surface area contributed by atoms with Gasteiger partial charge in [-0.25, -0.2) is 4.98 Å². The average Bonchev–Trinajstić information content (AvgIpc) is 2.97. The monoisotopic (exact) mass is 276 g/mol. The van der Waals surface area contributed by atoms with Crippen molar-refractivity contribution in [2.75, 3.05) is 0 Å². The summed E-state index contributed by atoms with van der Waals surface area (Å²) in [6.45, 7) is 0. The van der Waals surface area contributed by atoms with Gasteiger partial charge in [0.25, 0.3) is 0 Å². The van der Waals surface area contributed by atoms with Crippen LogP contribution < -0.4 is 0 Å². The zero-order valence-electron chi connectivity index (χ0n) is 10.8. The highest BCUT2D eigenvalue weighted by Gasteiger charge is 2.05. The Hall–Kier alpha value is -2.44. The summed E-state index contributed by atoms with van der Waals surface area (Å²) in [6.07, 6.45) is 7.94. The molecule has 0 aliphatic rings. The molecule has 0 aliphatic heterocycles. The third-order valence-electron chi connectivity index (χ3n) is 2.96. The van der Waals surface area contributed by atoms with E-state index >= 15 is 0 Å². The van der Waals surface area contributed by atoms with Crippen molar-refractivity contribution < 1.29 is 0 Å². The van der Waals surface area contributed by atoms with Crippen LogP contribution >= 0.6 is 11.3 Å². The second-order valence-electron chi connectivity index (χ2n) is 4.35. The van der Waals surface area contributed by atoms with Crippen molar-refractivity contribution in [3.63, 3.8) is 0 Å². The van der Waals surface area contributed by atoms with Gasteiger partial charge in [-0.05, 0) is 24.3 Å². The Bertz CT molecular complexity index is 737. The van der Waals surface area contributed by atoms with Gasteiger partial charge in [-0.2, -0.15) is 0 Å². The third-order valence-corrected chi connectivity index (χ3v) is 3.81. The van der Waals surface area contributed by atoms with E-state index in [-0.39, 0.29) is 0 Å². The summed E-state index contributed by atoms with van der Waals surface area (Å²) in [5, 5.41) is 3.14. The van der Waals surface area contributed by atoms with E-state index in [9.17, 15) is 0 Å². The van der Waals surface area contributed by atoms with Gasteiger partial charge in [0, 0.05) is 34.8 Å². The fourth-order valence-electron chi connectivity index (χ4n) is 1.92. The van der Waals surface area contributed by atoms with Gasteiger partial charge < -0.3 is 0 Å². The first-order chi connectivity index (χ1) is 9.85. The van der Waals surface area contributed by atoms with Crippen LogP contribution in [0.15, 0.2) is 54.0 Å². The SMILES string of the molecule is C#Cc1ccc(-c2csc(Cc3ccccn3)n2)cc1. The Balaban J connectivity index is 1.81. The number of hydrogen-bond acceptors (Lipinski definition) is 3. The fraction of sp³-hybridized carbons (Fsp3) is 0.0588. The largest absolute Gasteiger partial charge is 0.261 e. The predicted molar refractivity (Wildman–Crippen MR) is 82.5 cm³/mol. The summed E-state index contributed by atoms with van der Waals surface area (Å²) < 4.78 is 0. The standard InChI is InChI=1S/C17H12N2S/c1-2-13-6-8-14(9-7-13)16-12-20-17(19-16)11-15-5-3-4-10-18-15/h1,3-10,12H,11H2. The molecule has 2 aromatic heterocycles. The van der Waals surface area contributed by atoms with Gasteiger partial charge in [0.1, 0.15) is 0 Å². The van der Waals surface area contributed by atoms with Crippen LogP contribution in [0.4, 0.5) is 0 Å². The van der Waals surface area contributed by atoms with E-state index in [1.54, 1.807) is 11.3 Å². The van der Waals surface area contributed by atoms with Crippen molar-refractivity contribution in [3.05, 3.63) is 70.3 Å². The zero-order chi connectivity index (χ0) is 13.8. The maximum Gasteiger partial charge on any atom is 0.0992 e. The van der Waals surface area contributed by atoms with E-state index in [4.69, 9.17) is 6.42 Å². The topological polar surface area (TPSA) is 25.8 Å². The Morgan fingerprint density at radius 1 is 1.10 bits per heavy atom. The highest BCUT2D eigenvalue weighted by Crippen LogP contribution is 2.23. The van der Waals surface area contributed by atoms with E-state index in [0.29, 0.717) is 0 Å². The molecule has 0 saturated carbocycles. The fourth-order valence-corrected chi connectivity index (χ4v) is 2.74. The van der Waals surface area contributed by atoms with Gasteiger partial charge in [-0.3, -0.25) is 4.98 Å². The van der Waals surface area contributed by atoms with Crippen molar-refractivity contribution in [1.29, 1.82) is 0 Å². The molecule has 1 aromatic carbocycles. The van der Waals surface area contributed by atoms with Crippen LogP contribution in [-0.4, -0.2) is 9.97 Å². The predicted octanol–water partition coefficient (Wildman–Crippen LogP) is 3.78. The molecule has 0 unspecified atom stereocenters. The summed E-state index contributed by atoms with van der Waals surface area (Å²) in [4.78, 5) is 8.98. The number of pyridine rings is 1. The average molecular weight is 276 g/mol. The molecule has 2 nitrogen and oxygen atoms in total. The maximum atomic E-state index is 5.36. The number of thiazole rings is 1. The quantitative estimate of drug-likeness (QED) is 0.680. The maximum absolute atomic E-state index is 5.36. The first kappa shape index (κ1) is 12.6. The number of benzene rings is 1. The molecule has 96 valence electrons. The number of terminal acetylenes is 1. The van der Waals surface area contributed by atoms with E-state index in [1.807, 2.05) is 48.7 Å². The van der Waals surface area contributed by atoms with E-state index in [2.05, 4.69) is 21.3 Å². The highest BCUT2D eigenvalue weighted by atomic mass is 32.1. The number of aromatic nitrogens is 2. The smallest absolute Gasteiger partial charge is 0.0992 e. The van der Waals surface area contributed by atoms with Crippen molar-refractivity contribution in [2.45, 2.75) is 6.42 Å². The van der Waals surface area contributed by atoms with Crippen LogP contribution in [0.25, 0.3) is 11.3 Å². The van der Waals surface area contributed by atoms with E-state index in [0.717, 1.165) is 33.9 Å². The van der Waals surface area contributed by atoms with Crippen LogP contribution in [0.5, 0.6) is 0 Å². The lowest BCUT2D eigenvalue weighted by Gasteiger charge is -1.97. The van der Waals surface area contributed by atoms with Crippen LogP contribution in [-0.2, 0) is 6.42 Å². The minimum Gasteiger partial charge on any atom is -0.261 e. The molecule has 2 heterocycles. The molecule has 0 atom stereocenters. The van der Waals surface area contributed by atoms with Crippen molar-refractivity contribution in [1.82, 2.24) is 9.97 Å². The van der Waals surface area contributed by atoms with Crippen LogP contribution in [0.3, 0.4) is 0 Å². The van der Waals surface area contributed by atoms with Gasteiger partial charge in [0.2, 0.25) is 0 Å². The van der Waals surface area contributed by atoms with Crippen LogP contribution in [0.1, 0.15) is 16.3 Å². The minimum absolute atomic E-state index is 0.772. The number of nitrogens with zero attached hydrogens (tertiary/aromatic N) is 2. The Morgan fingerprint density at radius 3 is 2.65 bits per heavy atom. The Labute approximate surface area is 122 Å². The Kier molecular flexibility index (Phi) is 3.58. The molecular weight excluding hydrogens is 264 g/mol. The van der Waals surface area contributed by atoms with Gasteiger partial charge in [0.05, 0.1) is 10.7 Å². The molecule has 0 saturated heterocycles. The second kappa shape index (κ2) is 5.68. The van der Waals surface area contributed by atoms with E-state index in [1.165, 1.54) is 0 Å². The first-order valence-electron chi connectivity index (χ1n) is 6.26.